The largest absolute Gasteiger partial charge is 0.292 e. The molecule has 0 aromatic rings. The van der Waals surface area contributed by atoms with E-state index in [-0.39, 0.29) is 30.5 Å². The van der Waals surface area contributed by atoms with Gasteiger partial charge in [-0.25, -0.2) is 8.78 Å². The Kier molecular flexibility index (Phi) is 2.15. The van der Waals surface area contributed by atoms with E-state index in [9.17, 15) is 8.78 Å². The predicted molar refractivity (Wildman–Crippen MR) is 52.6 cm³/mol. The third-order valence-electron chi connectivity index (χ3n) is 3.46. The summed E-state index contributed by atoms with van der Waals surface area (Å²) in [4.78, 5) is 2.31. The van der Waals surface area contributed by atoms with E-state index in [1.54, 1.807) is 0 Å². The molecule has 2 aliphatic rings. The Balaban J connectivity index is 2.19. The highest BCUT2D eigenvalue weighted by Gasteiger charge is 2.51. The van der Waals surface area contributed by atoms with Crippen molar-refractivity contribution in [3.05, 3.63) is 0 Å². The number of fused-ring (bicyclic) bond motifs is 2. The fourth-order valence-corrected chi connectivity index (χ4v) is 3.23. The van der Waals surface area contributed by atoms with Crippen molar-refractivity contribution in [1.82, 2.24) is 4.90 Å². The molecular weight excluding hydrogens is 184 g/mol. The molecule has 0 amide bonds. The number of alkyl halides is 2. The maximum atomic E-state index is 13.3. The van der Waals surface area contributed by atoms with Crippen LogP contribution in [0.2, 0.25) is 0 Å². The van der Waals surface area contributed by atoms with Gasteiger partial charge in [-0.3, -0.25) is 4.90 Å². The van der Waals surface area contributed by atoms with Crippen molar-refractivity contribution in [1.29, 1.82) is 0 Å². The average molecular weight is 203 g/mol. The number of hydrogen-bond acceptors (Lipinski definition) is 1. The van der Waals surface area contributed by atoms with E-state index < -0.39 is 5.92 Å². The first-order valence-corrected chi connectivity index (χ1v) is 5.46. The zero-order chi connectivity index (χ0) is 10.6. The highest BCUT2D eigenvalue weighted by atomic mass is 19.3. The third kappa shape index (κ3) is 1.67. The van der Waals surface area contributed by atoms with Gasteiger partial charge in [-0.1, -0.05) is 0 Å². The molecule has 3 heteroatoms. The van der Waals surface area contributed by atoms with E-state index in [1.807, 2.05) is 0 Å². The Labute approximate surface area is 84.5 Å². The van der Waals surface area contributed by atoms with E-state index in [1.165, 1.54) is 0 Å². The molecule has 0 saturated carbocycles. The molecule has 2 rings (SSSR count). The summed E-state index contributed by atoms with van der Waals surface area (Å²) >= 11 is 0. The van der Waals surface area contributed by atoms with Gasteiger partial charge in [0.05, 0.1) is 0 Å². The summed E-state index contributed by atoms with van der Waals surface area (Å²) in [6.07, 6.45) is 2.05. The van der Waals surface area contributed by atoms with Crippen LogP contribution in [0.5, 0.6) is 0 Å². The Morgan fingerprint density at radius 1 is 1.07 bits per heavy atom. The molecule has 0 aromatic heterocycles. The molecule has 0 radical (unpaired) electrons. The second-order valence-corrected chi connectivity index (χ2v) is 5.73. The predicted octanol–water partition coefficient (Wildman–Crippen LogP) is 3.05. The van der Waals surface area contributed by atoms with Gasteiger partial charge in [0.1, 0.15) is 0 Å². The van der Waals surface area contributed by atoms with Crippen molar-refractivity contribution in [3.63, 3.8) is 0 Å². The van der Waals surface area contributed by atoms with Crippen LogP contribution in [-0.2, 0) is 0 Å². The number of hydrogen-bond donors (Lipinski definition) is 0. The van der Waals surface area contributed by atoms with Crippen LogP contribution in [0.4, 0.5) is 8.78 Å². The molecule has 2 atom stereocenters. The zero-order valence-corrected chi connectivity index (χ0v) is 9.19. The molecule has 1 nitrogen and oxygen atoms in total. The summed E-state index contributed by atoms with van der Waals surface area (Å²) in [7, 11) is 0. The van der Waals surface area contributed by atoms with Gasteiger partial charge in [0, 0.05) is 30.5 Å². The first kappa shape index (κ1) is 10.3. The zero-order valence-electron chi connectivity index (χ0n) is 9.19. The maximum Gasteiger partial charge on any atom is 0.251 e. The van der Waals surface area contributed by atoms with Crippen molar-refractivity contribution in [2.75, 3.05) is 0 Å². The molecular formula is C11H19F2N. The molecule has 2 fully saturated rings. The molecule has 0 N–H and O–H groups in total. The van der Waals surface area contributed by atoms with Crippen LogP contribution < -0.4 is 0 Å². The highest BCUT2D eigenvalue weighted by Crippen LogP contribution is 2.46. The summed E-state index contributed by atoms with van der Waals surface area (Å²) in [5.74, 6) is -2.41. The molecule has 0 aliphatic carbocycles. The molecule has 2 aliphatic heterocycles. The van der Waals surface area contributed by atoms with Crippen LogP contribution in [-0.4, -0.2) is 28.4 Å². The van der Waals surface area contributed by atoms with Crippen molar-refractivity contribution in [2.45, 2.75) is 70.0 Å². The first-order valence-electron chi connectivity index (χ1n) is 5.46. The van der Waals surface area contributed by atoms with Gasteiger partial charge in [-0.15, -0.1) is 0 Å². The smallest absolute Gasteiger partial charge is 0.251 e. The molecule has 2 saturated heterocycles. The first-order chi connectivity index (χ1) is 6.30. The molecule has 2 bridgehead atoms. The number of piperidine rings is 1. The van der Waals surface area contributed by atoms with Gasteiger partial charge in [-0.05, 0) is 33.6 Å². The minimum Gasteiger partial charge on any atom is -0.292 e. The second kappa shape index (κ2) is 2.91. The Morgan fingerprint density at radius 3 is 1.86 bits per heavy atom. The van der Waals surface area contributed by atoms with Gasteiger partial charge >= 0.3 is 0 Å². The van der Waals surface area contributed by atoms with E-state index >= 15 is 0 Å². The lowest BCUT2D eigenvalue weighted by molar-refractivity contribution is -0.104. The fourth-order valence-electron chi connectivity index (χ4n) is 3.23. The SMILES string of the molecule is CC(C)(C)N1C2CCC1CC(F)(F)C2. The van der Waals surface area contributed by atoms with E-state index in [4.69, 9.17) is 0 Å². The van der Waals surface area contributed by atoms with Gasteiger partial charge in [0.15, 0.2) is 0 Å². The van der Waals surface area contributed by atoms with E-state index in [0.29, 0.717) is 0 Å². The van der Waals surface area contributed by atoms with Gasteiger partial charge < -0.3 is 0 Å². The Hall–Kier alpha value is -0.180. The Morgan fingerprint density at radius 2 is 1.50 bits per heavy atom. The summed E-state index contributed by atoms with van der Waals surface area (Å²) in [5.41, 5.74) is 0.0440. The van der Waals surface area contributed by atoms with Crippen LogP contribution in [0, 0.1) is 0 Å². The summed E-state index contributed by atoms with van der Waals surface area (Å²) in [6, 6.07) is 0.229. The normalized spacial score (nSPS) is 37.5. The molecule has 0 spiro atoms. The van der Waals surface area contributed by atoms with Gasteiger partial charge in [0.2, 0.25) is 0 Å². The van der Waals surface area contributed by atoms with Gasteiger partial charge in [0.25, 0.3) is 5.92 Å². The maximum absolute atomic E-state index is 13.3. The van der Waals surface area contributed by atoms with Crippen LogP contribution in [0.1, 0.15) is 46.5 Å². The van der Waals surface area contributed by atoms with Crippen molar-refractivity contribution >= 4 is 0 Å². The minimum atomic E-state index is -2.41. The summed E-state index contributed by atoms with van der Waals surface area (Å²) in [6.45, 7) is 6.38. The highest BCUT2D eigenvalue weighted by molar-refractivity contribution is 5.02. The fraction of sp³-hybridized carbons (Fsp3) is 1.00. The van der Waals surface area contributed by atoms with E-state index in [2.05, 4.69) is 25.7 Å². The average Bonchev–Trinajstić information content (AvgIpc) is 2.22. The van der Waals surface area contributed by atoms with Gasteiger partial charge in [-0.2, -0.15) is 0 Å². The van der Waals surface area contributed by atoms with Crippen molar-refractivity contribution in [2.24, 2.45) is 0 Å². The summed E-state index contributed by atoms with van der Waals surface area (Å²) < 4.78 is 26.6. The molecule has 2 unspecified atom stereocenters. The molecule has 82 valence electrons. The van der Waals surface area contributed by atoms with Crippen LogP contribution in [0.3, 0.4) is 0 Å². The minimum absolute atomic E-state index is 0.0440. The topological polar surface area (TPSA) is 3.24 Å². The lowest BCUT2D eigenvalue weighted by atomic mass is 9.92. The number of halogens is 2. The quantitative estimate of drug-likeness (QED) is 0.585. The Bertz CT molecular complexity index is 216. The van der Waals surface area contributed by atoms with Crippen LogP contribution in [0.25, 0.3) is 0 Å². The monoisotopic (exact) mass is 203 g/mol. The van der Waals surface area contributed by atoms with Crippen LogP contribution >= 0.6 is 0 Å². The number of rotatable bonds is 0. The molecule has 14 heavy (non-hydrogen) atoms. The lowest BCUT2D eigenvalue weighted by Gasteiger charge is -2.46. The molecule has 0 aromatic carbocycles. The number of nitrogens with zero attached hydrogens (tertiary/aromatic N) is 1. The lowest BCUT2D eigenvalue weighted by Crippen LogP contribution is -2.55. The van der Waals surface area contributed by atoms with Crippen LogP contribution in [0.15, 0.2) is 0 Å². The van der Waals surface area contributed by atoms with Crippen molar-refractivity contribution in [3.8, 4) is 0 Å². The molecule has 2 heterocycles. The van der Waals surface area contributed by atoms with E-state index in [0.717, 1.165) is 12.8 Å². The second-order valence-electron chi connectivity index (χ2n) is 5.73. The van der Waals surface area contributed by atoms with Crippen molar-refractivity contribution < 1.29 is 8.78 Å². The summed E-state index contributed by atoms with van der Waals surface area (Å²) in [5, 5.41) is 0. The standard InChI is InChI=1S/C11H19F2N/c1-10(2,3)14-8-4-5-9(14)7-11(12,13)6-8/h8-9H,4-7H2,1-3H3. The third-order valence-corrected chi connectivity index (χ3v) is 3.46.